The zero-order valence-corrected chi connectivity index (χ0v) is 14.1. The summed E-state index contributed by atoms with van der Waals surface area (Å²) in [4.78, 5) is 0. The number of rotatable bonds is 10. The van der Waals surface area contributed by atoms with Crippen LogP contribution in [0.15, 0.2) is 12.4 Å². The Morgan fingerprint density at radius 3 is 2.60 bits per heavy atom. The van der Waals surface area contributed by atoms with Crippen LogP contribution in [0.4, 0.5) is 0 Å². The third-order valence-electron chi connectivity index (χ3n) is 4.20. The van der Waals surface area contributed by atoms with E-state index in [0.717, 1.165) is 19.5 Å². The quantitative estimate of drug-likeness (QED) is 0.706. The first-order valence-corrected chi connectivity index (χ1v) is 8.19. The Morgan fingerprint density at radius 1 is 1.35 bits per heavy atom. The number of hydrogen-bond donors (Lipinski definition) is 1. The van der Waals surface area contributed by atoms with Crippen LogP contribution < -0.4 is 5.32 Å². The van der Waals surface area contributed by atoms with Crippen molar-refractivity contribution < 1.29 is 0 Å². The van der Waals surface area contributed by atoms with Gasteiger partial charge < -0.3 is 5.32 Å². The summed E-state index contributed by atoms with van der Waals surface area (Å²) < 4.78 is 1.91. The molecule has 20 heavy (non-hydrogen) atoms. The molecule has 1 unspecified atom stereocenters. The molecular weight excluding hydrogens is 246 g/mol. The van der Waals surface area contributed by atoms with Crippen molar-refractivity contribution in [2.75, 3.05) is 13.1 Å². The second-order valence-electron chi connectivity index (χ2n) is 6.68. The summed E-state index contributed by atoms with van der Waals surface area (Å²) in [5.41, 5.74) is 1.75. The van der Waals surface area contributed by atoms with E-state index in [1.54, 1.807) is 0 Å². The van der Waals surface area contributed by atoms with E-state index in [2.05, 4.69) is 44.3 Å². The monoisotopic (exact) mass is 279 g/mol. The van der Waals surface area contributed by atoms with Crippen LogP contribution in [0.25, 0.3) is 0 Å². The van der Waals surface area contributed by atoms with E-state index in [1.165, 1.54) is 31.2 Å². The third-order valence-corrected chi connectivity index (χ3v) is 4.20. The normalized spacial score (nSPS) is 14.7. The zero-order valence-electron chi connectivity index (χ0n) is 14.1. The molecule has 0 aromatic carbocycles. The maximum Gasteiger partial charge on any atom is 0.0521 e. The highest BCUT2D eigenvalue weighted by molar-refractivity contribution is 5.08. The van der Waals surface area contributed by atoms with Crippen molar-refractivity contribution in [3.05, 3.63) is 18.0 Å². The van der Waals surface area contributed by atoms with Crippen molar-refractivity contribution in [1.82, 2.24) is 15.1 Å². The first-order valence-electron chi connectivity index (χ1n) is 8.19. The van der Waals surface area contributed by atoms with E-state index >= 15 is 0 Å². The van der Waals surface area contributed by atoms with E-state index in [0.29, 0.717) is 11.3 Å². The Morgan fingerprint density at radius 2 is 2.10 bits per heavy atom. The maximum absolute atomic E-state index is 4.32. The van der Waals surface area contributed by atoms with E-state index < -0.39 is 0 Å². The second-order valence-corrected chi connectivity index (χ2v) is 6.68. The molecule has 3 nitrogen and oxygen atoms in total. The van der Waals surface area contributed by atoms with Gasteiger partial charge in [-0.25, -0.2) is 0 Å². The standard InChI is InChI=1S/C17H33N3/c1-6-8-9-17(7-2,14-18-11-15(3)4)10-16-12-19-20(5)13-16/h12-13,15,18H,6-11,14H2,1-5H3. The summed E-state index contributed by atoms with van der Waals surface area (Å²) in [7, 11) is 2.00. The van der Waals surface area contributed by atoms with Crippen molar-refractivity contribution in [3.63, 3.8) is 0 Å². The average Bonchev–Trinajstić information content (AvgIpc) is 2.80. The fraction of sp³-hybridized carbons (Fsp3) is 0.824. The Labute approximate surface area is 125 Å². The molecule has 1 aromatic heterocycles. The molecule has 1 N–H and O–H groups in total. The Hall–Kier alpha value is -0.830. The van der Waals surface area contributed by atoms with Gasteiger partial charge in [-0.1, -0.05) is 40.5 Å². The number of nitrogens with one attached hydrogen (secondary N) is 1. The molecule has 1 atom stereocenters. The summed E-state index contributed by atoms with van der Waals surface area (Å²) in [6.45, 7) is 11.4. The SMILES string of the molecule is CCCCC(CC)(CNCC(C)C)Cc1cnn(C)c1. The maximum atomic E-state index is 4.32. The molecule has 0 aliphatic rings. The van der Waals surface area contributed by atoms with Gasteiger partial charge in [0, 0.05) is 19.8 Å². The van der Waals surface area contributed by atoms with Crippen LogP contribution in [0.2, 0.25) is 0 Å². The van der Waals surface area contributed by atoms with Crippen LogP contribution in [0.5, 0.6) is 0 Å². The van der Waals surface area contributed by atoms with Crippen molar-refractivity contribution >= 4 is 0 Å². The molecule has 0 bridgehead atoms. The molecule has 0 aliphatic carbocycles. The highest BCUT2D eigenvalue weighted by Gasteiger charge is 2.28. The van der Waals surface area contributed by atoms with Gasteiger partial charge >= 0.3 is 0 Å². The molecule has 0 saturated heterocycles. The van der Waals surface area contributed by atoms with Crippen molar-refractivity contribution in [3.8, 4) is 0 Å². The van der Waals surface area contributed by atoms with E-state index in [9.17, 15) is 0 Å². The summed E-state index contributed by atoms with van der Waals surface area (Å²) in [5, 5.41) is 8.01. The predicted octanol–water partition coefficient (Wildman–Crippen LogP) is 3.79. The van der Waals surface area contributed by atoms with Crippen LogP contribution >= 0.6 is 0 Å². The van der Waals surface area contributed by atoms with Crippen LogP contribution in [0, 0.1) is 11.3 Å². The third kappa shape index (κ3) is 5.66. The van der Waals surface area contributed by atoms with Crippen LogP contribution in [0.3, 0.4) is 0 Å². The van der Waals surface area contributed by atoms with Gasteiger partial charge in [-0.15, -0.1) is 0 Å². The lowest BCUT2D eigenvalue weighted by atomic mass is 9.75. The lowest BCUT2D eigenvalue weighted by Gasteiger charge is -2.33. The second kappa shape index (κ2) is 8.46. The average molecular weight is 279 g/mol. The topological polar surface area (TPSA) is 29.9 Å². The fourth-order valence-corrected chi connectivity index (χ4v) is 2.84. The van der Waals surface area contributed by atoms with Gasteiger partial charge in [-0.3, -0.25) is 4.68 Å². The summed E-state index contributed by atoms with van der Waals surface area (Å²) >= 11 is 0. The Balaban J connectivity index is 2.69. The van der Waals surface area contributed by atoms with E-state index in [1.807, 2.05) is 17.9 Å². The molecule has 116 valence electrons. The minimum Gasteiger partial charge on any atom is -0.316 e. The summed E-state index contributed by atoms with van der Waals surface area (Å²) in [5.74, 6) is 0.717. The van der Waals surface area contributed by atoms with Gasteiger partial charge in [0.2, 0.25) is 0 Å². The highest BCUT2D eigenvalue weighted by Crippen LogP contribution is 2.32. The molecule has 0 aliphatic heterocycles. The molecule has 0 radical (unpaired) electrons. The molecule has 1 aromatic rings. The van der Waals surface area contributed by atoms with E-state index in [4.69, 9.17) is 0 Å². The van der Waals surface area contributed by atoms with E-state index in [-0.39, 0.29) is 0 Å². The molecule has 0 fully saturated rings. The van der Waals surface area contributed by atoms with Crippen molar-refractivity contribution in [2.45, 2.75) is 59.8 Å². The molecule has 1 heterocycles. The minimum atomic E-state index is 0.383. The van der Waals surface area contributed by atoms with Gasteiger partial charge in [-0.05, 0) is 42.7 Å². The predicted molar refractivity (Wildman–Crippen MR) is 86.9 cm³/mol. The van der Waals surface area contributed by atoms with Gasteiger partial charge in [0.05, 0.1) is 6.20 Å². The van der Waals surface area contributed by atoms with Crippen LogP contribution in [-0.4, -0.2) is 22.9 Å². The van der Waals surface area contributed by atoms with Crippen LogP contribution in [0.1, 0.15) is 58.9 Å². The first-order chi connectivity index (χ1) is 9.51. The number of unbranched alkanes of at least 4 members (excludes halogenated alkanes) is 1. The molecule has 0 saturated carbocycles. The minimum absolute atomic E-state index is 0.383. The smallest absolute Gasteiger partial charge is 0.0521 e. The van der Waals surface area contributed by atoms with Gasteiger partial charge in [-0.2, -0.15) is 5.10 Å². The molecule has 0 spiro atoms. The molecule has 1 rings (SSSR count). The van der Waals surface area contributed by atoms with Crippen LogP contribution in [-0.2, 0) is 13.5 Å². The van der Waals surface area contributed by atoms with Gasteiger partial charge in [0.1, 0.15) is 0 Å². The summed E-state index contributed by atoms with van der Waals surface area (Å²) in [6, 6.07) is 0. The van der Waals surface area contributed by atoms with Gasteiger partial charge in [0.25, 0.3) is 0 Å². The molecule has 0 amide bonds. The first kappa shape index (κ1) is 17.2. The Kier molecular flexibility index (Phi) is 7.28. The van der Waals surface area contributed by atoms with Crippen molar-refractivity contribution in [1.29, 1.82) is 0 Å². The molecular formula is C17H33N3. The lowest BCUT2D eigenvalue weighted by Crippen LogP contribution is -2.37. The summed E-state index contributed by atoms with van der Waals surface area (Å²) in [6.07, 6.45) is 10.5. The van der Waals surface area contributed by atoms with Gasteiger partial charge in [0.15, 0.2) is 0 Å². The number of aryl methyl sites for hydroxylation is 1. The lowest BCUT2D eigenvalue weighted by molar-refractivity contribution is 0.226. The largest absolute Gasteiger partial charge is 0.316 e. The molecule has 3 heteroatoms. The zero-order chi connectivity index (χ0) is 15.0. The fourth-order valence-electron chi connectivity index (χ4n) is 2.84. The Bertz CT molecular complexity index is 370. The number of nitrogens with zero attached hydrogens (tertiary/aromatic N) is 2. The van der Waals surface area contributed by atoms with Crippen molar-refractivity contribution in [2.24, 2.45) is 18.4 Å². The highest BCUT2D eigenvalue weighted by atomic mass is 15.2. The number of aromatic nitrogens is 2. The number of hydrogen-bond acceptors (Lipinski definition) is 2.